The molecule has 0 bridgehead atoms. The Morgan fingerprint density at radius 2 is 2.13 bits per heavy atom. The van der Waals surface area contributed by atoms with Gasteiger partial charge in [-0.25, -0.2) is 0 Å². The molecule has 0 aliphatic heterocycles. The minimum absolute atomic E-state index is 0.366. The van der Waals surface area contributed by atoms with E-state index in [1.807, 2.05) is 0 Å². The molecule has 2 heteroatoms. The summed E-state index contributed by atoms with van der Waals surface area (Å²) in [5.74, 6) is 0.912. The van der Waals surface area contributed by atoms with Gasteiger partial charge in [-0.15, -0.1) is 0 Å². The summed E-state index contributed by atoms with van der Waals surface area (Å²) in [6.07, 6.45) is 7.54. The third-order valence-electron chi connectivity index (χ3n) is 3.42. The highest BCUT2D eigenvalue weighted by Gasteiger charge is 2.22. The second-order valence-corrected chi connectivity index (χ2v) is 4.82. The molecule has 1 rings (SSSR count). The fourth-order valence-corrected chi connectivity index (χ4v) is 2.46. The maximum absolute atomic E-state index is 6.06. The first-order valence-corrected chi connectivity index (χ1v) is 6.62. The minimum atomic E-state index is 0.366. The van der Waals surface area contributed by atoms with Crippen molar-refractivity contribution in [3.05, 3.63) is 0 Å². The number of hydrogen-bond acceptors (Lipinski definition) is 2. The molecule has 90 valence electrons. The molecule has 0 spiro atoms. The predicted molar refractivity (Wildman–Crippen MR) is 65.1 cm³/mol. The van der Waals surface area contributed by atoms with E-state index in [0.717, 1.165) is 19.0 Å². The Labute approximate surface area is 94.8 Å². The van der Waals surface area contributed by atoms with Crippen molar-refractivity contribution in [1.29, 1.82) is 0 Å². The van der Waals surface area contributed by atoms with E-state index in [2.05, 4.69) is 26.1 Å². The lowest BCUT2D eigenvalue weighted by atomic mass is 9.85. The summed E-state index contributed by atoms with van der Waals surface area (Å²) < 4.78 is 6.06. The van der Waals surface area contributed by atoms with Gasteiger partial charge in [0.15, 0.2) is 0 Å². The van der Waals surface area contributed by atoms with Crippen LogP contribution < -0.4 is 5.32 Å². The summed E-state index contributed by atoms with van der Waals surface area (Å²) in [5, 5.41) is 3.34. The van der Waals surface area contributed by atoms with Gasteiger partial charge >= 0.3 is 0 Å². The van der Waals surface area contributed by atoms with Crippen molar-refractivity contribution in [1.82, 2.24) is 5.32 Å². The van der Waals surface area contributed by atoms with E-state index in [0.29, 0.717) is 12.2 Å². The molecule has 3 atom stereocenters. The molecule has 0 saturated heterocycles. The fraction of sp³-hybridized carbons (Fsp3) is 1.00. The number of ether oxygens (including phenoxy) is 1. The first-order chi connectivity index (χ1) is 7.26. The number of hydrogen-bond donors (Lipinski definition) is 1. The van der Waals surface area contributed by atoms with E-state index < -0.39 is 0 Å². The Morgan fingerprint density at radius 1 is 1.33 bits per heavy atom. The monoisotopic (exact) mass is 213 g/mol. The SMILES string of the molecule is CCNCC(C)OC1CCCC(CC)C1. The number of rotatable bonds is 6. The van der Waals surface area contributed by atoms with Crippen LogP contribution >= 0.6 is 0 Å². The molecule has 1 aliphatic rings. The van der Waals surface area contributed by atoms with Crippen molar-refractivity contribution in [2.75, 3.05) is 13.1 Å². The lowest BCUT2D eigenvalue weighted by Crippen LogP contribution is -2.32. The molecule has 0 aromatic rings. The molecule has 1 N–H and O–H groups in total. The molecule has 0 amide bonds. The zero-order valence-electron chi connectivity index (χ0n) is 10.6. The van der Waals surface area contributed by atoms with Gasteiger partial charge < -0.3 is 10.1 Å². The first kappa shape index (κ1) is 13.0. The molecular formula is C13H27NO. The van der Waals surface area contributed by atoms with Crippen LogP contribution in [0.2, 0.25) is 0 Å². The van der Waals surface area contributed by atoms with Crippen LogP contribution in [-0.2, 0) is 4.74 Å². The van der Waals surface area contributed by atoms with E-state index >= 15 is 0 Å². The highest BCUT2D eigenvalue weighted by molar-refractivity contribution is 4.73. The van der Waals surface area contributed by atoms with E-state index in [1.54, 1.807) is 0 Å². The molecule has 0 aromatic carbocycles. The van der Waals surface area contributed by atoms with Crippen LogP contribution in [0.4, 0.5) is 0 Å². The van der Waals surface area contributed by atoms with Crippen molar-refractivity contribution >= 4 is 0 Å². The van der Waals surface area contributed by atoms with Crippen LogP contribution in [0.15, 0.2) is 0 Å². The Kier molecular flexibility index (Phi) is 6.26. The average molecular weight is 213 g/mol. The minimum Gasteiger partial charge on any atom is -0.374 e. The Hall–Kier alpha value is -0.0800. The highest BCUT2D eigenvalue weighted by atomic mass is 16.5. The van der Waals surface area contributed by atoms with Gasteiger partial charge in [0, 0.05) is 6.54 Å². The maximum Gasteiger partial charge on any atom is 0.0675 e. The van der Waals surface area contributed by atoms with Gasteiger partial charge in [0.25, 0.3) is 0 Å². The van der Waals surface area contributed by atoms with Crippen molar-refractivity contribution in [3.63, 3.8) is 0 Å². The summed E-state index contributed by atoms with van der Waals surface area (Å²) >= 11 is 0. The second kappa shape index (κ2) is 7.24. The quantitative estimate of drug-likeness (QED) is 0.732. The van der Waals surface area contributed by atoms with Crippen molar-refractivity contribution in [3.8, 4) is 0 Å². The topological polar surface area (TPSA) is 21.3 Å². The summed E-state index contributed by atoms with van der Waals surface area (Å²) in [7, 11) is 0. The Bertz CT molecular complexity index is 161. The van der Waals surface area contributed by atoms with Gasteiger partial charge in [-0.2, -0.15) is 0 Å². The molecule has 1 fully saturated rings. The van der Waals surface area contributed by atoms with Crippen molar-refractivity contribution in [2.24, 2.45) is 5.92 Å². The van der Waals surface area contributed by atoms with E-state index in [-0.39, 0.29) is 0 Å². The molecule has 1 saturated carbocycles. The highest BCUT2D eigenvalue weighted by Crippen LogP contribution is 2.28. The van der Waals surface area contributed by atoms with Crippen LogP contribution in [0.5, 0.6) is 0 Å². The van der Waals surface area contributed by atoms with E-state index in [1.165, 1.54) is 32.1 Å². The summed E-state index contributed by atoms with van der Waals surface area (Å²) in [6, 6.07) is 0. The fourth-order valence-electron chi connectivity index (χ4n) is 2.46. The predicted octanol–water partition coefficient (Wildman–Crippen LogP) is 2.97. The lowest BCUT2D eigenvalue weighted by molar-refractivity contribution is -0.0312. The number of nitrogens with one attached hydrogen (secondary N) is 1. The third-order valence-corrected chi connectivity index (χ3v) is 3.42. The van der Waals surface area contributed by atoms with Crippen molar-refractivity contribution in [2.45, 2.75) is 65.1 Å². The molecule has 2 nitrogen and oxygen atoms in total. The molecule has 3 unspecified atom stereocenters. The van der Waals surface area contributed by atoms with Gasteiger partial charge in [-0.3, -0.25) is 0 Å². The van der Waals surface area contributed by atoms with Gasteiger partial charge in [0.1, 0.15) is 0 Å². The zero-order valence-corrected chi connectivity index (χ0v) is 10.6. The van der Waals surface area contributed by atoms with Gasteiger partial charge in [-0.1, -0.05) is 33.1 Å². The molecule has 0 aromatic heterocycles. The maximum atomic E-state index is 6.06. The molecule has 0 heterocycles. The largest absolute Gasteiger partial charge is 0.374 e. The molecular weight excluding hydrogens is 186 g/mol. The zero-order chi connectivity index (χ0) is 11.1. The average Bonchev–Trinajstić information content (AvgIpc) is 2.26. The van der Waals surface area contributed by atoms with Crippen LogP contribution in [0, 0.1) is 5.92 Å². The van der Waals surface area contributed by atoms with Crippen LogP contribution in [0.1, 0.15) is 52.9 Å². The van der Waals surface area contributed by atoms with Gasteiger partial charge in [0.05, 0.1) is 12.2 Å². The first-order valence-electron chi connectivity index (χ1n) is 6.62. The molecule has 15 heavy (non-hydrogen) atoms. The van der Waals surface area contributed by atoms with Crippen LogP contribution in [-0.4, -0.2) is 25.3 Å². The smallest absolute Gasteiger partial charge is 0.0675 e. The summed E-state index contributed by atoms with van der Waals surface area (Å²) in [4.78, 5) is 0. The van der Waals surface area contributed by atoms with E-state index in [4.69, 9.17) is 4.74 Å². The normalized spacial score (nSPS) is 29.0. The second-order valence-electron chi connectivity index (χ2n) is 4.82. The van der Waals surface area contributed by atoms with Gasteiger partial charge in [-0.05, 0) is 32.2 Å². The third kappa shape index (κ3) is 4.98. The lowest BCUT2D eigenvalue weighted by Gasteiger charge is -2.30. The Balaban J connectivity index is 2.19. The molecule has 1 aliphatic carbocycles. The summed E-state index contributed by atoms with van der Waals surface area (Å²) in [5.41, 5.74) is 0. The summed E-state index contributed by atoms with van der Waals surface area (Å²) in [6.45, 7) is 8.65. The van der Waals surface area contributed by atoms with Crippen LogP contribution in [0.3, 0.4) is 0 Å². The van der Waals surface area contributed by atoms with E-state index in [9.17, 15) is 0 Å². The molecule has 0 radical (unpaired) electrons. The standard InChI is InChI=1S/C13H27NO/c1-4-12-7-6-8-13(9-12)15-11(3)10-14-5-2/h11-14H,4-10H2,1-3H3. The number of likely N-dealkylation sites (N-methyl/N-ethyl adjacent to an activating group) is 1. The van der Waals surface area contributed by atoms with Crippen LogP contribution in [0.25, 0.3) is 0 Å². The van der Waals surface area contributed by atoms with Crippen molar-refractivity contribution < 1.29 is 4.74 Å². The van der Waals surface area contributed by atoms with Gasteiger partial charge in [0.2, 0.25) is 0 Å². The Morgan fingerprint density at radius 3 is 2.80 bits per heavy atom.